The number of carbonyl (C=O) groups excluding carboxylic acids is 3. The van der Waals surface area contributed by atoms with E-state index in [1.807, 2.05) is 0 Å². The first kappa shape index (κ1) is 34.7. The SMILES string of the molecule is CC(C)(C)OC(=O)N(C(=O)c1cccc(C2(C#N)CC2)c1Cl)c1cc(Oc2ccc3nc(NC(=O)C4CC4)sc3n2)ccc1F.CCO. The van der Waals surface area contributed by atoms with Crippen molar-refractivity contribution in [2.45, 2.75) is 64.4 Å². The molecule has 0 aliphatic heterocycles. The van der Waals surface area contributed by atoms with Crippen LogP contribution in [-0.4, -0.2) is 45.2 Å². The number of imide groups is 1. The van der Waals surface area contributed by atoms with Crippen molar-refractivity contribution in [3.05, 3.63) is 70.5 Å². The number of fused-ring (bicyclic) bond motifs is 1. The van der Waals surface area contributed by atoms with E-state index >= 15 is 4.39 Å². The maximum atomic E-state index is 15.4. The number of carbonyl (C=O) groups is 3. The fourth-order valence-electron chi connectivity index (χ4n) is 4.66. The molecule has 2 fully saturated rings. The van der Waals surface area contributed by atoms with E-state index in [1.165, 1.54) is 29.5 Å². The third kappa shape index (κ3) is 7.73. The van der Waals surface area contributed by atoms with Gasteiger partial charge in [0.2, 0.25) is 11.8 Å². The zero-order valence-electron chi connectivity index (χ0n) is 26.7. The molecule has 0 spiro atoms. The van der Waals surface area contributed by atoms with Crippen LogP contribution in [0.2, 0.25) is 5.02 Å². The first-order valence-corrected chi connectivity index (χ1v) is 16.4. The summed E-state index contributed by atoms with van der Waals surface area (Å²) < 4.78 is 26.8. The Morgan fingerprint density at radius 2 is 1.88 bits per heavy atom. The number of ether oxygens (including phenoxy) is 2. The Hall–Kier alpha value is -4.64. The number of nitriles is 1. The number of aliphatic hydroxyl groups is 1. The van der Waals surface area contributed by atoms with Crippen LogP contribution in [0.15, 0.2) is 48.5 Å². The average molecular weight is 694 g/mol. The molecular formula is C34H33ClFN5O6S. The molecule has 2 aromatic heterocycles. The van der Waals surface area contributed by atoms with Crippen LogP contribution < -0.4 is 15.0 Å². The van der Waals surface area contributed by atoms with Crippen molar-refractivity contribution in [2.75, 3.05) is 16.8 Å². The summed E-state index contributed by atoms with van der Waals surface area (Å²) in [6.07, 6.45) is 1.78. The summed E-state index contributed by atoms with van der Waals surface area (Å²) in [6.45, 7) is 6.78. The second-order valence-corrected chi connectivity index (χ2v) is 13.6. The molecule has 2 aliphatic rings. The van der Waals surface area contributed by atoms with Crippen molar-refractivity contribution in [1.82, 2.24) is 9.97 Å². The third-order valence-electron chi connectivity index (χ3n) is 7.28. The van der Waals surface area contributed by atoms with E-state index in [1.54, 1.807) is 52.0 Å². The summed E-state index contributed by atoms with van der Waals surface area (Å²) in [4.78, 5) is 49.5. The Morgan fingerprint density at radius 3 is 2.50 bits per heavy atom. The lowest BCUT2D eigenvalue weighted by molar-refractivity contribution is -0.117. The number of nitrogens with one attached hydrogen (secondary N) is 1. The number of hydrogen-bond acceptors (Lipinski definition) is 10. The normalized spacial score (nSPS) is 14.6. The van der Waals surface area contributed by atoms with Crippen LogP contribution in [0, 0.1) is 23.1 Å². The molecule has 0 unspecified atom stereocenters. The predicted molar refractivity (Wildman–Crippen MR) is 179 cm³/mol. The highest BCUT2D eigenvalue weighted by Gasteiger charge is 2.47. The molecule has 4 aromatic rings. The molecule has 2 N–H and O–H groups in total. The molecule has 3 amide bonds. The number of amides is 3. The van der Waals surface area contributed by atoms with Crippen LogP contribution in [0.3, 0.4) is 0 Å². The van der Waals surface area contributed by atoms with Gasteiger partial charge >= 0.3 is 6.09 Å². The van der Waals surface area contributed by atoms with Gasteiger partial charge in [0.15, 0.2) is 5.13 Å². The molecule has 14 heteroatoms. The standard InChI is InChI=1S/C32H27ClFN5O5S.C2H6O/c1-31(2,3)44-30(42)39(28(41)19-5-4-6-20(25(19)33)32(16-35)13-14-32)23-15-18(9-10-21(23)34)43-24-12-11-22-27(37-24)45-29(36-22)38-26(40)17-7-8-17;1-2-3/h4-6,9-12,15,17H,7-8,13-14H2,1-3H3,(H,36,38,40);3H,2H2,1H3. The van der Waals surface area contributed by atoms with Crippen LogP contribution >= 0.6 is 22.9 Å². The number of pyridine rings is 1. The van der Waals surface area contributed by atoms with E-state index in [-0.39, 0.29) is 40.6 Å². The highest BCUT2D eigenvalue weighted by molar-refractivity contribution is 7.22. The van der Waals surface area contributed by atoms with Crippen LogP contribution in [0.5, 0.6) is 11.6 Å². The second-order valence-electron chi connectivity index (χ2n) is 12.3. The highest BCUT2D eigenvalue weighted by Crippen LogP contribution is 2.50. The quantitative estimate of drug-likeness (QED) is 0.198. The smallest absolute Gasteiger partial charge is 0.422 e. The van der Waals surface area contributed by atoms with Gasteiger partial charge in [-0.25, -0.2) is 24.1 Å². The van der Waals surface area contributed by atoms with Gasteiger partial charge in [-0.05, 0) is 83.2 Å². The number of aliphatic hydroxyl groups excluding tert-OH is 1. The Morgan fingerprint density at radius 1 is 1.17 bits per heavy atom. The number of anilines is 2. The number of hydrogen-bond donors (Lipinski definition) is 2. The summed E-state index contributed by atoms with van der Waals surface area (Å²) in [7, 11) is 0. The molecule has 2 saturated carbocycles. The van der Waals surface area contributed by atoms with Gasteiger partial charge in [0.05, 0.1) is 27.8 Å². The molecule has 0 radical (unpaired) electrons. The first-order chi connectivity index (χ1) is 22.8. The molecule has 250 valence electrons. The molecule has 48 heavy (non-hydrogen) atoms. The van der Waals surface area contributed by atoms with Crippen LogP contribution in [0.4, 0.5) is 20.0 Å². The minimum atomic E-state index is -1.13. The number of aromatic nitrogens is 2. The zero-order chi connectivity index (χ0) is 34.8. The van der Waals surface area contributed by atoms with Gasteiger partial charge in [-0.2, -0.15) is 5.26 Å². The van der Waals surface area contributed by atoms with E-state index in [2.05, 4.69) is 21.4 Å². The minimum absolute atomic E-state index is 0.0117. The van der Waals surface area contributed by atoms with Gasteiger partial charge in [-0.1, -0.05) is 35.1 Å². The lowest BCUT2D eigenvalue weighted by atomic mass is 9.95. The lowest BCUT2D eigenvalue weighted by Gasteiger charge is -2.27. The van der Waals surface area contributed by atoms with Crippen LogP contribution in [-0.2, 0) is 14.9 Å². The molecule has 2 heterocycles. The summed E-state index contributed by atoms with van der Waals surface area (Å²) in [5.41, 5.74) is -1.32. The van der Waals surface area contributed by atoms with Gasteiger partial charge in [-0.3, -0.25) is 9.59 Å². The van der Waals surface area contributed by atoms with Gasteiger partial charge in [-0.15, -0.1) is 0 Å². The molecule has 2 aliphatic carbocycles. The largest absolute Gasteiger partial charge is 0.443 e. The van der Waals surface area contributed by atoms with Gasteiger partial charge in [0.25, 0.3) is 5.91 Å². The molecule has 11 nitrogen and oxygen atoms in total. The number of benzene rings is 2. The summed E-state index contributed by atoms with van der Waals surface area (Å²) >= 11 is 7.83. The average Bonchev–Trinajstić information content (AvgIpc) is 3.95. The van der Waals surface area contributed by atoms with Crippen LogP contribution in [0.25, 0.3) is 10.3 Å². The van der Waals surface area contributed by atoms with E-state index in [0.29, 0.717) is 38.8 Å². The number of rotatable bonds is 7. The fraction of sp³-hybridized carbons (Fsp3) is 0.353. The zero-order valence-corrected chi connectivity index (χ0v) is 28.2. The van der Waals surface area contributed by atoms with Gasteiger partial charge in [0, 0.05) is 24.7 Å². The van der Waals surface area contributed by atoms with Crippen molar-refractivity contribution in [3.8, 4) is 17.7 Å². The van der Waals surface area contributed by atoms with E-state index in [0.717, 1.165) is 18.9 Å². The van der Waals surface area contributed by atoms with Crippen molar-refractivity contribution in [3.63, 3.8) is 0 Å². The first-order valence-electron chi connectivity index (χ1n) is 15.2. The topological polar surface area (TPSA) is 155 Å². The van der Waals surface area contributed by atoms with Crippen molar-refractivity contribution in [1.29, 1.82) is 5.26 Å². The van der Waals surface area contributed by atoms with E-state index in [4.69, 9.17) is 26.2 Å². The summed E-state index contributed by atoms with van der Waals surface area (Å²) in [5.74, 6) is -1.67. The molecular weight excluding hydrogens is 661 g/mol. The Labute approximate surface area is 285 Å². The number of thiazole rings is 1. The highest BCUT2D eigenvalue weighted by atomic mass is 35.5. The number of halogens is 2. The molecule has 0 bridgehead atoms. The monoisotopic (exact) mass is 693 g/mol. The van der Waals surface area contributed by atoms with E-state index in [9.17, 15) is 19.6 Å². The fourth-order valence-corrected chi connectivity index (χ4v) is 5.88. The van der Waals surface area contributed by atoms with Gasteiger partial charge < -0.3 is 19.9 Å². The Bertz CT molecular complexity index is 1930. The van der Waals surface area contributed by atoms with E-state index < -0.39 is 34.5 Å². The second kappa shape index (κ2) is 13.8. The molecule has 6 rings (SSSR count). The van der Waals surface area contributed by atoms with Gasteiger partial charge in [0.1, 0.15) is 27.5 Å². The molecule has 0 saturated heterocycles. The maximum absolute atomic E-state index is 15.4. The Kier molecular flexibility index (Phi) is 10.0. The van der Waals surface area contributed by atoms with Crippen molar-refractivity contribution in [2.24, 2.45) is 5.92 Å². The lowest BCUT2D eigenvalue weighted by Crippen LogP contribution is -2.41. The van der Waals surface area contributed by atoms with Crippen molar-refractivity contribution < 1.29 is 33.4 Å². The number of nitrogens with zero attached hydrogens (tertiary/aromatic N) is 4. The summed E-state index contributed by atoms with van der Waals surface area (Å²) in [6, 6.07) is 13.7. The maximum Gasteiger partial charge on any atom is 0.422 e. The predicted octanol–water partition coefficient (Wildman–Crippen LogP) is 7.76. The third-order valence-corrected chi connectivity index (χ3v) is 8.56. The van der Waals surface area contributed by atoms with Crippen molar-refractivity contribution >= 4 is 62.0 Å². The minimum Gasteiger partial charge on any atom is -0.443 e. The Balaban J connectivity index is 0.00000145. The van der Waals surface area contributed by atoms with Crippen LogP contribution in [0.1, 0.15) is 69.3 Å². The summed E-state index contributed by atoms with van der Waals surface area (Å²) in [5, 5.41) is 20.5. The molecule has 0 atom stereocenters. The molecule has 2 aromatic carbocycles.